The highest BCUT2D eigenvalue weighted by Gasteiger charge is 2.12. The molecule has 0 saturated carbocycles. The summed E-state index contributed by atoms with van der Waals surface area (Å²) in [7, 11) is 1.85. The fourth-order valence-corrected chi connectivity index (χ4v) is 1.52. The van der Waals surface area contributed by atoms with E-state index in [0.29, 0.717) is 17.4 Å². The minimum atomic E-state index is -1.04. The zero-order valence-corrected chi connectivity index (χ0v) is 9.77. The number of nitrogen functional groups attached to an aromatic ring is 1. The van der Waals surface area contributed by atoms with Crippen molar-refractivity contribution < 1.29 is 9.90 Å². The zero-order chi connectivity index (χ0) is 12.3. The Balaban J connectivity index is 3.02. The molecule has 0 aliphatic heterocycles. The van der Waals surface area contributed by atoms with E-state index in [9.17, 15) is 4.79 Å². The maximum atomic E-state index is 10.8. The number of anilines is 2. The number of hydrogen-bond acceptors (Lipinski definition) is 4. The van der Waals surface area contributed by atoms with Gasteiger partial charge in [0.15, 0.2) is 11.5 Å². The Labute approximate surface area is 94.9 Å². The van der Waals surface area contributed by atoms with E-state index in [-0.39, 0.29) is 5.69 Å². The molecular weight excluding hydrogens is 206 g/mol. The molecule has 5 heteroatoms. The maximum absolute atomic E-state index is 10.8. The third kappa shape index (κ3) is 2.85. The Morgan fingerprint density at radius 3 is 2.69 bits per heavy atom. The Morgan fingerprint density at radius 2 is 2.19 bits per heavy atom. The molecule has 1 aromatic heterocycles. The van der Waals surface area contributed by atoms with Crippen molar-refractivity contribution in [3.63, 3.8) is 0 Å². The fraction of sp³-hybridized carbons (Fsp3) is 0.455. The van der Waals surface area contributed by atoms with Gasteiger partial charge in [0.2, 0.25) is 0 Å². The molecule has 0 amide bonds. The Morgan fingerprint density at radius 1 is 1.56 bits per heavy atom. The van der Waals surface area contributed by atoms with Crippen LogP contribution in [0.15, 0.2) is 12.1 Å². The third-order valence-corrected chi connectivity index (χ3v) is 2.13. The molecule has 1 rings (SSSR count). The molecule has 0 bridgehead atoms. The lowest BCUT2D eigenvalue weighted by Gasteiger charge is -2.21. The first kappa shape index (κ1) is 12.3. The van der Waals surface area contributed by atoms with E-state index in [4.69, 9.17) is 10.8 Å². The van der Waals surface area contributed by atoms with E-state index in [1.807, 2.05) is 11.9 Å². The summed E-state index contributed by atoms with van der Waals surface area (Å²) in [5, 5.41) is 8.84. The predicted molar refractivity (Wildman–Crippen MR) is 63.7 cm³/mol. The van der Waals surface area contributed by atoms with E-state index >= 15 is 0 Å². The lowest BCUT2D eigenvalue weighted by molar-refractivity contribution is 0.0690. The highest BCUT2D eigenvalue weighted by molar-refractivity contribution is 5.86. The van der Waals surface area contributed by atoms with Crippen LogP contribution in [0.3, 0.4) is 0 Å². The van der Waals surface area contributed by atoms with E-state index in [1.165, 1.54) is 6.07 Å². The van der Waals surface area contributed by atoms with Gasteiger partial charge in [0.1, 0.15) is 0 Å². The molecule has 0 unspecified atom stereocenters. The second-order valence-electron chi connectivity index (χ2n) is 4.19. The van der Waals surface area contributed by atoms with Crippen LogP contribution in [-0.4, -0.2) is 29.7 Å². The third-order valence-electron chi connectivity index (χ3n) is 2.13. The Bertz CT molecular complexity index is 391. The van der Waals surface area contributed by atoms with E-state index in [2.05, 4.69) is 18.8 Å². The summed E-state index contributed by atoms with van der Waals surface area (Å²) in [5.74, 6) is -0.0625. The molecule has 0 radical (unpaired) electrons. The summed E-state index contributed by atoms with van der Waals surface area (Å²) in [6.45, 7) is 4.93. The first-order chi connectivity index (χ1) is 7.41. The molecule has 0 spiro atoms. The molecule has 0 fully saturated rings. The van der Waals surface area contributed by atoms with Crippen molar-refractivity contribution in [1.82, 2.24) is 4.98 Å². The number of carboxylic acid groups (broad SMARTS) is 1. The molecule has 3 N–H and O–H groups in total. The molecule has 0 aliphatic carbocycles. The largest absolute Gasteiger partial charge is 0.477 e. The maximum Gasteiger partial charge on any atom is 0.354 e. The summed E-state index contributed by atoms with van der Waals surface area (Å²) in [5.41, 5.74) is 6.28. The van der Waals surface area contributed by atoms with Gasteiger partial charge in [-0.05, 0) is 18.1 Å². The van der Waals surface area contributed by atoms with E-state index in [0.717, 1.165) is 6.54 Å². The second kappa shape index (κ2) is 4.83. The summed E-state index contributed by atoms with van der Waals surface area (Å²) in [4.78, 5) is 16.7. The first-order valence-electron chi connectivity index (χ1n) is 5.12. The van der Waals surface area contributed by atoms with Crippen molar-refractivity contribution in [3.05, 3.63) is 17.8 Å². The van der Waals surface area contributed by atoms with Gasteiger partial charge in [-0.15, -0.1) is 0 Å². The van der Waals surface area contributed by atoms with Crippen LogP contribution in [0.2, 0.25) is 0 Å². The minimum Gasteiger partial charge on any atom is -0.477 e. The lowest BCUT2D eigenvalue weighted by atomic mass is 10.2. The van der Waals surface area contributed by atoms with Gasteiger partial charge in [-0.2, -0.15) is 0 Å². The minimum absolute atomic E-state index is 0.0137. The summed E-state index contributed by atoms with van der Waals surface area (Å²) >= 11 is 0. The van der Waals surface area contributed by atoms with Crippen LogP contribution >= 0.6 is 0 Å². The van der Waals surface area contributed by atoms with Gasteiger partial charge in [-0.3, -0.25) is 0 Å². The molecule has 0 aliphatic rings. The molecule has 5 nitrogen and oxygen atoms in total. The van der Waals surface area contributed by atoms with Crippen LogP contribution in [0.4, 0.5) is 11.5 Å². The van der Waals surface area contributed by atoms with Crippen molar-refractivity contribution >= 4 is 17.5 Å². The van der Waals surface area contributed by atoms with Gasteiger partial charge in [0.25, 0.3) is 0 Å². The van der Waals surface area contributed by atoms with Gasteiger partial charge in [0.05, 0.1) is 5.69 Å². The van der Waals surface area contributed by atoms with Gasteiger partial charge >= 0.3 is 5.97 Å². The van der Waals surface area contributed by atoms with Gasteiger partial charge in [0, 0.05) is 13.6 Å². The van der Waals surface area contributed by atoms with Crippen LogP contribution in [0.25, 0.3) is 0 Å². The quantitative estimate of drug-likeness (QED) is 0.807. The van der Waals surface area contributed by atoms with Crippen LogP contribution < -0.4 is 10.6 Å². The molecule has 0 saturated heterocycles. The number of rotatable bonds is 4. The SMILES string of the molecule is CC(C)CN(C)c1nc(C(=O)O)ccc1N. The zero-order valence-electron chi connectivity index (χ0n) is 9.77. The summed E-state index contributed by atoms with van der Waals surface area (Å²) in [6, 6.07) is 2.98. The molecule has 0 atom stereocenters. The average molecular weight is 223 g/mol. The average Bonchev–Trinajstić information content (AvgIpc) is 2.16. The smallest absolute Gasteiger partial charge is 0.354 e. The fourth-order valence-electron chi connectivity index (χ4n) is 1.52. The Kier molecular flexibility index (Phi) is 3.71. The number of hydrogen-bond donors (Lipinski definition) is 2. The number of nitrogens with two attached hydrogens (primary N) is 1. The normalized spacial score (nSPS) is 10.5. The van der Waals surface area contributed by atoms with Gasteiger partial charge < -0.3 is 15.7 Å². The molecule has 0 aromatic carbocycles. The Hall–Kier alpha value is -1.78. The number of carboxylic acids is 1. The number of aromatic carboxylic acids is 1. The first-order valence-corrected chi connectivity index (χ1v) is 5.12. The lowest BCUT2D eigenvalue weighted by Crippen LogP contribution is -2.25. The predicted octanol–water partition coefficient (Wildman–Crippen LogP) is 1.45. The van der Waals surface area contributed by atoms with Crippen molar-refractivity contribution in [1.29, 1.82) is 0 Å². The van der Waals surface area contributed by atoms with Crippen molar-refractivity contribution in [2.75, 3.05) is 24.2 Å². The van der Waals surface area contributed by atoms with Crippen LogP contribution in [0, 0.1) is 5.92 Å². The van der Waals surface area contributed by atoms with Crippen molar-refractivity contribution in [2.24, 2.45) is 5.92 Å². The van der Waals surface area contributed by atoms with Crippen molar-refractivity contribution in [2.45, 2.75) is 13.8 Å². The highest BCUT2D eigenvalue weighted by atomic mass is 16.4. The van der Waals surface area contributed by atoms with E-state index < -0.39 is 5.97 Å². The van der Waals surface area contributed by atoms with Crippen LogP contribution in [-0.2, 0) is 0 Å². The number of aromatic nitrogens is 1. The number of carbonyl (C=O) groups is 1. The summed E-state index contributed by atoms with van der Waals surface area (Å²) in [6.07, 6.45) is 0. The molecule has 1 aromatic rings. The topological polar surface area (TPSA) is 79.5 Å². The van der Waals surface area contributed by atoms with Crippen LogP contribution in [0.1, 0.15) is 24.3 Å². The molecule has 88 valence electrons. The van der Waals surface area contributed by atoms with Gasteiger partial charge in [-0.1, -0.05) is 13.8 Å². The second-order valence-corrected chi connectivity index (χ2v) is 4.19. The summed E-state index contributed by atoms with van der Waals surface area (Å²) < 4.78 is 0. The number of nitrogens with zero attached hydrogens (tertiary/aromatic N) is 2. The van der Waals surface area contributed by atoms with Crippen LogP contribution in [0.5, 0.6) is 0 Å². The standard InChI is InChI=1S/C11H17N3O2/c1-7(2)6-14(3)10-8(12)4-5-9(13-10)11(15)16/h4-5,7H,6,12H2,1-3H3,(H,15,16). The number of pyridine rings is 1. The van der Waals surface area contributed by atoms with Gasteiger partial charge in [-0.25, -0.2) is 9.78 Å². The molecule has 16 heavy (non-hydrogen) atoms. The van der Waals surface area contributed by atoms with E-state index in [1.54, 1.807) is 6.07 Å². The molecule has 1 heterocycles. The monoisotopic (exact) mass is 223 g/mol. The van der Waals surface area contributed by atoms with Crippen molar-refractivity contribution in [3.8, 4) is 0 Å². The molecular formula is C11H17N3O2. The highest BCUT2D eigenvalue weighted by Crippen LogP contribution is 2.20.